The molecule has 6 nitrogen and oxygen atoms in total. The second-order valence-electron chi connectivity index (χ2n) is 8.46. The third-order valence-corrected chi connectivity index (χ3v) is 5.65. The van der Waals surface area contributed by atoms with Crippen molar-refractivity contribution in [3.8, 4) is 5.75 Å². The number of hydrogen-bond donors (Lipinski definition) is 0. The van der Waals surface area contributed by atoms with Gasteiger partial charge in [0.2, 0.25) is 0 Å². The van der Waals surface area contributed by atoms with E-state index < -0.39 is 0 Å². The second-order valence-corrected chi connectivity index (χ2v) is 8.46. The molecule has 37 heavy (non-hydrogen) atoms. The maximum atomic E-state index is 13.8. The van der Waals surface area contributed by atoms with Gasteiger partial charge in [-0.2, -0.15) is 5.70 Å². The van der Waals surface area contributed by atoms with Gasteiger partial charge in [-0.05, 0) is 50.2 Å². The van der Waals surface area contributed by atoms with Crippen LogP contribution in [0, 0.1) is 0 Å². The van der Waals surface area contributed by atoms with Gasteiger partial charge < -0.3 is 15.4 Å². The summed E-state index contributed by atoms with van der Waals surface area (Å²) in [4.78, 5) is 23.4. The number of ketones is 1. The Hall–Kier alpha value is -3.96. The predicted octanol–water partition coefficient (Wildman–Crippen LogP) is 8.66. The van der Waals surface area contributed by atoms with Gasteiger partial charge in [0, 0.05) is 33.9 Å². The number of methoxy groups -OCH3 is 1. The van der Waals surface area contributed by atoms with Crippen LogP contribution in [0.25, 0.3) is 10.6 Å². The van der Waals surface area contributed by atoms with E-state index in [0.29, 0.717) is 51.0 Å². The Balaban J connectivity index is 0.00000380. The molecule has 3 aromatic rings. The van der Waals surface area contributed by atoms with E-state index in [-0.39, 0.29) is 22.3 Å². The molecule has 1 aliphatic rings. The summed E-state index contributed by atoms with van der Waals surface area (Å²) < 4.78 is 5.25. The van der Waals surface area contributed by atoms with E-state index in [4.69, 9.17) is 25.4 Å². The van der Waals surface area contributed by atoms with Crippen molar-refractivity contribution >= 4 is 40.0 Å². The number of fused-ring (bicyclic) bond motifs is 2. The molecular weight excluding hydrogens is 507 g/mol. The minimum absolute atomic E-state index is 0. The van der Waals surface area contributed by atoms with Crippen molar-refractivity contribution in [2.24, 2.45) is 9.98 Å². The summed E-state index contributed by atoms with van der Waals surface area (Å²) in [5.74, 6) is 0.509. The fourth-order valence-electron chi connectivity index (χ4n) is 4.00. The molecular formula is C30H28N4NiO2. The van der Waals surface area contributed by atoms with E-state index in [0.717, 1.165) is 11.4 Å². The van der Waals surface area contributed by atoms with Gasteiger partial charge in [0.1, 0.15) is 5.75 Å². The number of carbonyl (C=O) groups is 1. The van der Waals surface area contributed by atoms with Gasteiger partial charge in [0.25, 0.3) is 0 Å². The molecule has 1 aliphatic heterocycles. The number of ether oxygens (including phenoxy) is 1. The summed E-state index contributed by atoms with van der Waals surface area (Å²) in [5, 5.41) is 9.62. The number of rotatable bonds is 3. The largest absolute Gasteiger partial charge is 2.00 e. The van der Waals surface area contributed by atoms with Crippen LogP contribution in [0.4, 0.5) is 22.7 Å². The van der Waals surface area contributed by atoms with E-state index in [1.54, 1.807) is 31.4 Å². The van der Waals surface area contributed by atoms with Crippen LogP contribution < -0.4 is 4.74 Å². The minimum atomic E-state index is -0.171. The molecule has 0 spiro atoms. The molecule has 0 radical (unpaired) electrons. The first-order chi connectivity index (χ1) is 17.4. The number of nitrogens with zero attached hydrogens (tertiary/aromatic N) is 4. The normalized spacial score (nSPS) is 17.1. The Morgan fingerprint density at radius 2 is 1.32 bits per heavy atom. The Morgan fingerprint density at radius 1 is 0.757 bits per heavy atom. The number of aliphatic imine (C=N–C) groups is 2. The first kappa shape index (κ1) is 27.6. The Morgan fingerprint density at radius 3 is 1.95 bits per heavy atom. The Labute approximate surface area is 228 Å². The predicted molar refractivity (Wildman–Crippen MR) is 148 cm³/mol. The van der Waals surface area contributed by atoms with E-state index in [9.17, 15) is 4.79 Å². The molecule has 0 saturated carbocycles. The van der Waals surface area contributed by atoms with Gasteiger partial charge in [-0.15, -0.1) is 17.1 Å². The van der Waals surface area contributed by atoms with E-state index >= 15 is 0 Å². The number of Topliss-reactive ketones (excluding diaryl/α,β-unsaturated/α-hetero) is 1. The summed E-state index contributed by atoms with van der Waals surface area (Å²) in [7, 11) is 1.60. The summed E-state index contributed by atoms with van der Waals surface area (Å²) >= 11 is 0. The smallest absolute Gasteiger partial charge is 0.660 e. The van der Waals surface area contributed by atoms with E-state index in [2.05, 4.69) is 0 Å². The molecule has 190 valence electrons. The molecule has 0 aliphatic carbocycles. The molecule has 0 saturated heterocycles. The van der Waals surface area contributed by atoms with Crippen molar-refractivity contribution in [2.45, 2.75) is 27.7 Å². The van der Waals surface area contributed by atoms with Crippen LogP contribution >= 0.6 is 0 Å². The van der Waals surface area contributed by atoms with Gasteiger partial charge >= 0.3 is 16.5 Å². The summed E-state index contributed by atoms with van der Waals surface area (Å²) in [6, 6.07) is 22.3. The molecule has 0 fully saturated rings. The van der Waals surface area contributed by atoms with Crippen LogP contribution in [-0.2, 0) is 16.5 Å². The average Bonchev–Trinajstić information content (AvgIpc) is 2.86. The zero-order valence-corrected chi connectivity index (χ0v) is 22.4. The zero-order chi connectivity index (χ0) is 25.7. The number of allylic oxidation sites excluding steroid dienone is 4. The number of benzene rings is 3. The zero-order valence-electron chi connectivity index (χ0n) is 21.4. The summed E-state index contributed by atoms with van der Waals surface area (Å²) in [6.07, 6.45) is 1.93. The van der Waals surface area contributed by atoms with Gasteiger partial charge in [-0.3, -0.25) is 14.8 Å². The van der Waals surface area contributed by atoms with Gasteiger partial charge in [0.05, 0.1) is 7.11 Å². The number of para-hydroxylation sites is 4. The van der Waals surface area contributed by atoms with Crippen molar-refractivity contribution < 1.29 is 26.0 Å². The maximum Gasteiger partial charge on any atom is 2.00 e. The molecule has 7 heteroatoms. The average molecular weight is 535 g/mol. The van der Waals surface area contributed by atoms with Crippen LogP contribution in [0.15, 0.2) is 106 Å². The summed E-state index contributed by atoms with van der Waals surface area (Å²) in [5.41, 5.74) is 6.40. The standard InChI is InChI=1S/C30H29N4O2.Ni/c1-19-18-20(2)32-26-11-7-9-13-28(26)34-22(4)29(30(35)23-14-16-24(36-5)17-15-23)21(3)33-27-12-8-6-10-25(27)31-19;/h6-18H,1-5H3,(H-,31,32,33,34,35);/q-1;+2/p-1. The second kappa shape index (κ2) is 12.3. The molecule has 0 N–H and O–H groups in total. The van der Waals surface area contributed by atoms with E-state index in [1.807, 2.05) is 82.3 Å². The Kier molecular flexibility index (Phi) is 9.21. The molecule has 0 atom stereocenters. The van der Waals surface area contributed by atoms with Crippen molar-refractivity contribution in [3.05, 3.63) is 112 Å². The first-order valence-electron chi connectivity index (χ1n) is 11.7. The quantitative estimate of drug-likeness (QED) is 0.249. The van der Waals surface area contributed by atoms with Crippen molar-refractivity contribution in [1.82, 2.24) is 0 Å². The molecule has 0 amide bonds. The fourth-order valence-corrected chi connectivity index (χ4v) is 4.00. The summed E-state index contributed by atoms with van der Waals surface area (Å²) in [6.45, 7) is 7.51. The fraction of sp³-hybridized carbons (Fsp3) is 0.167. The molecule has 0 bridgehead atoms. The third-order valence-electron chi connectivity index (χ3n) is 5.65. The topological polar surface area (TPSA) is 79.2 Å². The first-order valence-corrected chi connectivity index (χ1v) is 11.7. The van der Waals surface area contributed by atoms with Gasteiger partial charge in [0.15, 0.2) is 5.78 Å². The SMILES string of the molecule is COc1ccc(C(=O)/C2=C(\C)[N-]c3ccccc3N=C(C)/C=C(/C)[N-]c3ccccc3N=C2C)cc1.[Ni+2]. The van der Waals surface area contributed by atoms with Gasteiger partial charge in [-0.25, -0.2) is 0 Å². The number of hydrogen-bond acceptors (Lipinski definition) is 4. The van der Waals surface area contributed by atoms with Crippen LogP contribution in [0.2, 0.25) is 0 Å². The van der Waals surface area contributed by atoms with Crippen LogP contribution in [0.3, 0.4) is 0 Å². The molecule has 0 unspecified atom stereocenters. The van der Waals surface area contributed by atoms with Crippen LogP contribution in [0.1, 0.15) is 38.1 Å². The molecule has 3 aromatic carbocycles. The van der Waals surface area contributed by atoms with E-state index in [1.165, 1.54) is 0 Å². The van der Waals surface area contributed by atoms with Crippen molar-refractivity contribution in [2.75, 3.05) is 7.11 Å². The van der Waals surface area contributed by atoms with Gasteiger partial charge in [-0.1, -0.05) is 56.3 Å². The minimum Gasteiger partial charge on any atom is -0.660 e. The third kappa shape index (κ3) is 6.63. The monoisotopic (exact) mass is 534 g/mol. The van der Waals surface area contributed by atoms with Crippen LogP contribution in [0.5, 0.6) is 5.75 Å². The molecule has 4 rings (SSSR count). The Bertz CT molecular complexity index is 1420. The molecule has 1 heterocycles. The maximum absolute atomic E-state index is 13.8. The molecule has 0 aromatic heterocycles. The van der Waals surface area contributed by atoms with Crippen molar-refractivity contribution in [3.63, 3.8) is 0 Å². The van der Waals surface area contributed by atoms with Crippen LogP contribution in [-0.4, -0.2) is 24.3 Å². The van der Waals surface area contributed by atoms with Crippen molar-refractivity contribution in [1.29, 1.82) is 0 Å². The number of carbonyl (C=O) groups excluding carboxylic acids is 1.